The topological polar surface area (TPSA) is 109 Å². The summed E-state index contributed by atoms with van der Waals surface area (Å²) in [6.07, 6.45) is 3.54. The number of benzene rings is 2. The Morgan fingerprint density at radius 2 is 1.76 bits per heavy atom. The van der Waals surface area contributed by atoms with Crippen LogP contribution in [0.3, 0.4) is 0 Å². The lowest BCUT2D eigenvalue weighted by atomic mass is 10.1. The highest BCUT2D eigenvalue weighted by Gasteiger charge is 2.54. The van der Waals surface area contributed by atoms with E-state index in [0.717, 1.165) is 12.1 Å². The lowest BCUT2D eigenvalue weighted by Crippen LogP contribution is -2.51. The van der Waals surface area contributed by atoms with E-state index in [9.17, 15) is 23.2 Å². The van der Waals surface area contributed by atoms with Crippen molar-refractivity contribution in [2.24, 2.45) is 0 Å². The summed E-state index contributed by atoms with van der Waals surface area (Å²) in [5, 5.41) is 3.17. The highest BCUT2D eigenvalue weighted by molar-refractivity contribution is 6.01. The molecule has 6 rings (SSSR count). The van der Waals surface area contributed by atoms with Crippen LogP contribution in [0, 0.1) is 0 Å². The van der Waals surface area contributed by atoms with Crippen molar-refractivity contribution in [3.63, 3.8) is 0 Å². The van der Waals surface area contributed by atoms with Gasteiger partial charge in [-0.2, -0.15) is 8.78 Å². The largest absolute Gasteiger partial charge is 0.433 e. The number of morpholine rings is 1. The second-order valence-corrected chi connectivity index (χ2v) is 10.4. The molecular formula is C28H30F2N6O5. The second-order valence-electron chi connectivity index (χ2n) is 10.4. The molecule has 3 heterocycles. The predicted molar refractivity (Wildman–Crippen MR) is 147 cm³/mol. The van der Waals surface area contributed by atoms with Crippen LogP contribution in [-0.2, 0) is 14.3 Å². The number of piperazine rings is 1. The smallest absolute Gasteiger partial charge is 0.387 e. The zero-order chi connectivity index (χ0) is 28.6. The molecule has 13 heteroatoms. The predicted octanol–water partition coefficient (Wildman–Crippen LogP) is 2.07. The van der Waals surface area contributed by atoms with Gasteiger partial charge in [0.1, 0.15) is 17.6 Å². The number of aromatic nitrogens is 2. The van der Waals surface area contributed by atoms with Gasteiger partial charge in [-0.15, -0.1) is 0 Å². The minimum atomic E-state index is -3.09. The summed E-state index contributed by atoms with van der Waals surface area (Å²) in [6, 6.07) is 9.61. The van der Waals surface area contributed by atoms with Crippen LogP contribution < -0.4 is 20.5 Å². The lowest BCUT2D eigenvalue weighted by Gasteiger charge is -2.34. The van der Waals surface area contributed by atoms with Crippen LogP contribution in [0.15, 0.2) is 47.5 Å². The van der Waals surface area contributed by atoms with Gasteiger partial charge in [0, 0.05) is 45.0 Å². The number of nitrogens with one attached hydrogen (secondary N) is 1. The highest BCUT2D eigenvalue weighted by Crippen LogP contribution is 2.44. The Balaban J connectivity index is 1.28. The van der Waals surface area contributed by atoms with Crippen LogP contribution in [0.4, 0.5) is 20.2 Å². The number of hydrogen-bond donors (Lipinski definition) is 1. The normalized spacial score (nSPS) is 18.9. The van der Waals surface area contributed by atoms with E-state index >= 15 is 0 Å². The first-order chi connectivity index (χ1) is 19.9. The molecule has 1 aliphatic carbocycles. The summed E-state index contributed by atoms with van der Waals surface area (Å²) < 4.78 is 37.8. The first-order valence-corrected chi connectivity index (χ1v) is 13.6. The summed E-state index contributed by atoms with van der Waals surface area (Å²) in [6.45, 7) is 1.78. The first kappa shape index (κ1) is 27.1. The van der Waals surface area contributed by atoms with Gasteiger partial charge in [0.05, 0.1) is 35.5 Å². The summed E-state index contributed by atoms with van der Waals surface area (Å²) in [4.78, 5) is 48.3. The fourth-order valence-electron chi connectivity index (χ4n) is 5.58. The summed E-state index contributed by atoms with van der Waals surface area (Å²) in [5.41, 5.74) is 0.741. The number of carbonyl (C=O) groups is 2. The molecule has 3 aliphatic rings. The summed E-state index contributed by atoms with van der Waals surface area (Å²) in [7, 11) is 0. The van der Waals surface area contributed by atoms with E-state index in [0.29, 0.717) is 81.9 Å². The molecule has 2 aromatic carbocycles. The van der Waals surface area contributed by atoms with E-state index in [-0.39, 0.29) is 22.9 Å². The minimum absolute atomic E-state index is 0.0455. The van der Waals surface area contributed by atoms with Gasteiger partial charge < -0.3 is 24.6 Å². The van der Waals surface area contributed by atoms with Crippen molar-refractivity contribution in [3.05, 3.63) is 53.1 Å². The van der Waals surface area contributed by atoms with Gasteiger partial charge in [0.2, 0.25) is 12.3 Å². The molecule has 0 atom stereocenters. The van der Waals surface area contributed by atoms with Crippen molar-refractivity contribution in [1.29, 1.82) is 0 Å². The average Bonchev–Trinajstić information content (AvgIpc) is 3.81. The Bertz CT molecular complexity index is 1510. The molecule has 0 bridgehead atoms. The molecule has 41 heavy (non-hydrogen) atoms. The number of nitrogens with zero attached hydrogens (tertiary/aromatic N) is 5. The molecule has 216 valence electrons. The zero-order valence-corrected chi connectivity index (χ0v) is 22.3. The number of anilines is 2. The van der Waals surface area contributed by atoms with Gasteiger partial charge in [-0.1, -0.05) is 0 Å². The van der Waals surface area contributed by atoms with E-state index in [1.165, 1.54) is 29.1 Å². The molecule has 0 spiro atoms. The van der Waals surface area contributed by atoms with Crippen LogP contribution >= 0.6 is 0 Å². The number of halogens is 2. The van der Waals surface area contributed by atoms with Gasteiger partial charge in [-0.05, 0) is 49.2 Å². The maximum absolute atomic E-state index is 13.5. The van der Waals surface area contributed by atoms with Crippen LogP contribution in [0.1, 0.15) is 12.8 Å². The maximum Gasteiger partial charge on any atom is 0.387 e. The van der Waals surface area contributed by atoms with Crippen molar-refractivity contribution in [1.82, 2.24) is 19.4 Å². The van der Waals surface area contributed by atoms with E-state index in [2.05, 4.69) is 24.8 Å². The summed E-state index contributed by atoms with van der Waals surface area (Å²) in [5.74, 6) is -0.503. The molecule has 3 aromatic rings. The number of carbonyl (C=O) groups excluding carboxylic acids is 2. The molecule has 2 aliphatic heterocycles. The van der Waals surface area contributed by atoms with Crippen LogP contribution in [0.2, 0.25) is 0 Å². The van der Waals surface area contributed by atoms with Crippen LogP contribution in [0.5, 0.6) is 5.75 Å². The Hall–Kier alpha value is -4.10. The number of alkyl halides is 2. The SMILES string of the molecule is O=CN1CCN(c2ccc3c(=O)n(-c4ccc(OC(F)F)c(NC(=O)C5(N6CCOCC6)CC5)c4)cnc3c2)CC1. The van der Waals surface area contributed by atoms with E-state index in [1.807, 2.05) is 12.1 Å². The Morgan fingerprint density at radius 3 is 2.44 bits per heavy atom. The quantitative estimate of drug-likeness (QED) is 0.412. The molecule has 2 saturated heterocycles. The first-order valence-electron chi connectivity index (χ1n) is 13.6. The number of ether oxygens (including phenoxy) is 2. The Morgan fingerprint density at radius 1 is 1.02 bits per heavy atom. The van der Waals surface area contributed by atoms with Gasteiger partial charge in [0.25, 0.3) is 5.56 Å². The zero-order valence-electron chi connectivity index (χ0n) is 22.3. The monoisotopic (exact) mass is 568 g/mol. The standard InChI is InChI=1S/C28H30F2N6O5/c29-27(30)41-24-4-2-20(16-23(24)32-26(39)28(5-6-28)35-11-13-40-14-12-35)36-17-31-22-15-19(1-3-21(22)25(36)38)34-9-7-33(18-37)8-10-34/h1-4,15-18,27H,5-14H2,(H,32,39). The van der Waals surface area contributed by atoms with Gasteiger partial charge in [-0.3, -0.25) is 23.9 Å². The number of hydrogen-bond acceptors (Lipinski definition) is 8. The van der Waals surface area contributed by atoms with Gasteiger partial charge >= 0.3 is 6.61 Å². The van der Waals surface area contributed by atoms with Crippen molar-refractivity contribution in [2.75, 3.05) is 62.7 Å². The van der Waals surface area contributed by atoms with E-state index < -0.39 is 12.2 Å². The maximum atomic E-state index is 13.5. The Labute approximate surface area is 234 Å². The highest BCUT2D eigenvalue weighted by atomic mass is 19.3. The summed E-state index contributed by atoms with van der Waals surface area (Å²) >= 11 is 0. The van der Waals surface area contributed by atoms with Crippen LogP contribution in [-0.4, -0.2) is 96.3 Å². The van der Waals surface area contributed by atoms with Crippen molar-refractivity contribution >= 4 is 34.6 Å². The molecule has 1 N–H and O–H groups in total. The molecule has 0 unspecified atom stereocenters. The van der Waals surface area contributed by atoms with Gasteiger partial charge in [-0.25, -0.2) is 4.98 Å². The molecule has 2 amide bonds. The molecule has 1 saturated carbocycles. The fourth-order valence-corrected chi connectivity index (χ4v) is 5.58. The average molecular weight is 569 g/mol. The van der Waals surface area contributed by atoms with Crippen molar-refractivity contribution in [3.8, 4) is 11.4 Å². The number of amides is 2. The third-order valence-electron chi connectivity index (χ3n) is 8.04. The van der Waals surface area contributed by atoms with Crippen molar-refractivity contribution < 1.29 is 27.8 Å². The Kier molecular flexibility index (Phi) is 7.30. The van der Waals surface area contributed by atoms with E-state index in [1.54, 1.807) is 11.0 Å². The number of rotatable bonds is 8. The third-order valence-corrected chi connectivity index (χ3v) is 8.04. The second kappa shape index (κ2) is 11.1. The van der Waals surface area contributed by atoms with E-state index in [4.69, 9.17) is 4.74 Å². The van der Waals surface area contributed by atoms with Crippen molar-refractivity contribution in [2.45, 2.75) is 25.0 Å². The number of fused-ring (bicyclic) bond motifs is 1. The molecule has 1 aromatic heterocycles. The molecular weight excluding hydrogens is 538 g/mol. The molecule has 0 radical (unpaired) electrons. The fraction of sp³-hybridized carbons (Fsp3) is 0.429. The molecule has 3 fully saturated rings. The minimum Gasteiger partial charge on any atom is -0.433 e. The molecule has 11 nitrogen and oxygen atoms in total. The third kappa shape index (κ3) is 5.34. The van der Waals surface area contributed by atoms with Crippen LogP contribution in [0.25, 0.3) is 16.6 Å². The van der Waals surface area contributed by atoms with Gasteiger partial charge in [0.15, 0.2) is 0 Å². The lowest BCUT2D eigenvalue weighted by molar-refractivity contribution is -0.125.